The second-order valence-electron chi connectivity index (χ2n) is 5.19. The summed E-state index contributed by atoms with van der Waals surface area (Å²) in [6, 6.07) is 0.326. The molecule has 0 bridgehead atoms. The van der Waals surface area contributed by atoms with Crippen LogP contribution in [0.4, 0.5) is 0 Å². The first-order valence-electron chi connectivity index (χ1n) is 6.25. The van der Waals surface area contributed by atoms with Crippen LogP contribution in [-0.4, -0.2) is 48.6 Å². The fourth-order valence-corrected chi connectivity index (χ4v) is 4.91. The second-order valence-corrected chi connectivity index (χ2v) is 7.07. The molecule has 2 aliphatic rings. The van der Waals surface area contributed by atoms with E-state index in [1.165, 1.54) is 0 Å². The summed E-state index contributed by atoms with van der Waals surface area (Å²) in [5, 5.41) is 10.1. The molecule has 18 heavy (non-hydrogen) atoms. The van der Waals surface area contributed by atoms with E-state index in [1.54, 1.807) is 18.2 Å². The monoisotopic (exact) mass is 270 g/mol. The third kappa shape index (κ3) is 1.69. The van der Waals surface area contributed by atoms with Gasteiger partial charge in [-0.3, -0.25) is 5.10 Å². The molecule has 2 N–H and O–H groups in total. The number of H-pyrrole nitrogens is 1. The van der Waals surface area contributed by atoms with Gasteiger partial charge < -0.3 is 5.32 Å². The standard InChI is InChI=1S/C11H18N4O2S/c1-7-11(8(2)14-13-7)18(16,17)15-5-9-3-4-12-10(9)6-15/h9-10,12H,3-6H2,1-2H3,(H,13,14)/t9-,10+/m0/s1. The Morgan fingerprint density at radius 3 is 2.72 bits per heavy atom. The van der Waals surface area contributed by atoms with Gasteiger partial charge in [-0.15, -0.1) is 0 Å². The minimum atomic E-state index is -3.40. The third-order valence-corrected chi connectivity index (χ3v) is 6.08. The third-order valence-electron chi connectivity index (χ3n) is 3.99. The van der Waals surface area contributed by atoms with Crippen LogP contribution in [0, 0.1) is 19.8 Å². The Labute approximate surface area is 107 Å². The number of aryl methyl sites for hydroxylation is 2. The number of nitrogens with zero attached hydrogens (tertiary/aromatic N) is 2. The van der Waals surface area contributed by atoms with Crippen LogP contribution in [0.1, 0.15) is 17.8 Å². The largest absolute Gasteiger partial charge is 0.312 e. The zero-order valence-corrected chi connectivity index (χ0v) is 11.4. The fraction of sp³-hybridized carbons (Fsp3) is 0.727. The summed E-state index contributed by atoms with van der Waals surface area (Å²) in [6.45, 7) is 5.70. The van der Waals surface area contributed by atoms with Crippen molar-refractivity contribution in [3.8, 4) is 0 Å². The number of sulfonamides is 1. The number of aromatic amines is 1. The van der Waals surface area contributed by atoms with Gasteiger partial charge in [-0.25, -0.2) is 8.42 Å². The van der Waals surface area contributed by atoms with Gasteiger partial charge in [0.05, 0.1) is 11.4 Å². The summed E-state index contributed by atoms with van der Waals surface area (Å²) in [4.78, 5) is 0.350. The smallest absolute Gasteiger partial charge is 0.246 e. The topological polar surface area (TPSA) is 78.1 Å². The molecular formula is C11H18N4O2S. The van der Waals surface area contributed by atoms with Crippen LogP contribution < -0.4 is 5.32 Å². The molecule has 0 spiro atoms. The molecule has 1 aromatic rings. The summed E-state index contributed by atoms with van der Waals surface area (Å²) in [5.41, 5.74) is 1.18. The van der Waals surface area contributed by atoms with Crippen LogP contribution in [0.15, 0.2) is 4.90 Å². The maximum atomic E-state index is 12.6. The molecule has 1 aromatic heterocycles. The van der Waals surface area contributed by atoms with Crippen LogP contribution in [-0.2, 0) is 10.0 Å². The number of aromatic nitrogens is 2. The normalized spacial score (nSPS) is 28.8. The number of nitrogens with one attached hydrogen (secondary N) is 2. The Bertz CT molecular complexity index is 534. The predicted octanol–water partition coefficient (Wildman–Crippen LogP) is 0.00894. The van der Waals surface area contributed by atoms with Gasteiger partial charge in [-0.05, 0) is 32.7 Å². The Morgan fingerprint density at radius 1 is 1.33 bits per heavy atom. The molecule has 0 amide bonds. The Kier molecular flexibility index (Phi) is 2.72. The molecule has 0 aliphatic carbocycles. The molecule has 2 aliphatic heterocycles. The number of hydrogen-bond acceptors (Lipinski definition) is 4. The molecule has 2 saturated heterocycles. The minimum Gasteiger partial charge on any atom is -0.312 e. The van der Waals surface area contributed by atoms with Gasteiger partial charge in [0.2, 0.25) is 10.0 Å². The molecule has 2 fully saturated rings. The predicted molar refractivity (Wildman–Crippen MR) is 66.7 cm³/mol. The van der Waals surface area contributed by atoms with E-state index in [4.69, 9.17) is 0 Å². The van der Waals surface area contributed by atoms with Crippen molar-refractivity contribution in [3.05, 3.63) is 11.4 Å². The van der Waals surface area contributed by atoms with E-state index in [2.05, 4.69) is 15.5 Å². The van der Waals surface area contributed by atoms with E-state index in [-0.39, 0.29) is 0 Å². The quantitative estimate of drug-likeness (QED) is 0.793. The molecule has 6 nitrogen and oxygen atoms in total. The number of fused-ring (bicyclic) bond motifs is 1. The maximum Gasteiger partial charge on any atom is 0.246 e. The lowest BCUT2D eigenvalue weighted by Gasteiger charge is -2.17. The van der Waals surface area contributed by atoms with Gasteiger partial charge in [-0.1, -0.05) is 0 Å². The van der Waals surface area contributed by atoms with Gasteiger partial charge in [-0.2, -0.15) is 9.40 Å². The molecule has 3 heterocycles. The van der Waals surface area contributed by atoms with Crippen molar-refractivity contribution in [3.63, 3.8) is 0 Å². The zero-order chi connectivity index (χ0) is 12.9. The lowest BCUT2D eigenvalue weighted by molar-refractivity contribution is 0.447. The van der Waals surface area contributed by atoms with E-state index < -0.39 is 10.0 Å². The first-order chi connectivity index (χ1) is 8.50. The van der Waals surface area contributed by atoms with Gasteiger partial charge in [0.15, 0.2) is 0 Å². The van der Waals surface area contributed by atoms with Gasteiger partial charge in [0.25, 0.3) is 0 Å². The zero-order valence-electron chi connectivity index (χ0n) is 10.6. The Balaban J connectivity index is 1.92. The van der Waals surface area contributed by atoms with Crippen molar-refractivity contribution < 1.29 is 8.42 Å². The van der Waals surface area contributed by atoms with Crippen LogP contribution in [0.5, 0.6) is 0 Å². The highest BCUT2D eigenvalue weighted by Gasteiger charge is 2.42. The lowest BCUT2D eigenvalue weighted by atomic mass is 10.1. The first kappa shape index (κ1) is 12.1. The number of rotatable bonds is 2. The van der Waals surface area contributed by atoms with Crippen molar-refractivity contribution >= 4 is 10.0 Å². The van der Waals surface area contributed by atoms with Crippen LogP contribution >= 0.6 is 0 Å². The Morgan fingerprint density at radius 2 is 2.11 bits per heavy atom. The summed E-state index contributed by atoms with van der Waals surface area (Å²) in [6.07, 6.45) is 1.07. The van der Waals surface area contributed by atoms with Crippen LogP contribution in [0.2, 0.25) is 0 Å². The highest BCUT2D eigenvalue weighted by molar-refractivity contribution is 7.89. The first-order valence-corrected chi connectivity index (χ1v) is 7.69. The van der Waals surface area contributed by atoms with E-state index in [1.807, 2.05) is 0 Å². The van der Waals surface area contributed by atoms with Gasteiger partial charge in [0, 0.05) is 19.1 Å². The molecule has 100 valence electrons. The summed E-state index contributed by atoms with van der Waals surface area (Å²) < 4.78 is 26.8. The molecule has 0 unspecified atom stereocenters. The van der Waals surface area contributed by atoms with Crippen molar-refractivity contribution in [1.82, 2.24) is 19.8 Å². The second kappa shape index (κ2) is 4.04. The van der Waals surface area contributed by atoms with Crippen molar-refractivity contribution in [1.29, 1.82) is 0 Å². The fourth-order valence-electron chi connectivity index (χ4n) is 3.06. The van der Waals surface area contributed by atoms with E-state index in [0.29, 0.717) is 41.3 Å². The van der Waals surface area contributed by atoms with Crippen molar-refractivity contribution in [2.45, 2.75) is 31.2 Å². The highest BCUT2D eigenvalue weighted by atomic mass is 32.2. The molecule has 7 heteroatoms. The summed E-state index contributed by atoms with van der Waals surface area (Å²) in [5.74, 6) is 0.465. The summed E-state index contributed by atoms with van der Waals surface area (Å²) >= 11 is 0. The Hall–Kier alpha value is -0.920. The molecule has 2 atom stereocenters. The van der Waals surface area contributed by atoms with Crippen LogP contribution in [0.25, 0.3) is 0 Å². The molecule has 0 saturated carbocycles. The minimum absolute atomic E-state index is 0.326. The maximum absolute atomic E-state index is 12.6. The molecular weight excluding hydrogens is 252 g/mol. The highest BCUT2D eigenvalue weighted by Crippen LogP contribution is 2.30. The van der Waals surface area contributed by atoms with Crippen LogP contribution in [0.3, 0.4) is 0 Å². The van der Waals surface area contributed by atoms with Crippen molar-refractivity contribution in [2.75, 3.05) is 19.6 Å². The van der Waals surface area contributed by atoms with Crippen molar-refractivity contribution in [2.24, 2.45) is 5.92 Å². The average Bonchev–Trinajstić information content (AvgIpc) is 2.91. The molecule has 3 rings (SSSR count). The average molecular weight is 270 g/mol. The van der Waals surface area contributed by atoms with E-state index in [0.717, 1.165) is 13.0 Å². The van der Waals surface area contributed by atoms with Gasteiger partial charge in [0.1, 0.15) is 4.90 Å². The van der Waals surface area contributed by atoms with Gasteiger partial charge >= 0.3 is 0 Å². The number of hydrogen-bond donors (Lipinski definition) is 2. The molecule has 0 aromatic carbocycles. The lowest BCUT2D eigenvalue weighted by Crippen LogP contribution is -2.34. The van der Waals surface area contributed by atoms with E-state index >= 15 is 0 Å². The molecule has 0 radical (unpaired) electrons. The summed E-state index contributed by atoms with van der Waals surface area (Å²) in [7, 11) is -3.40. The SMILES string of the molecule is Cc1n[nH]c(C)c1S(=O)(=O)N1C[C@@H]2CCN[C@@H]2C1. The van der Waals surface area contributed by atoms with E-state index in [9.17, 15) is 8.42 Å².